The second-order valence-electron chi connectivity index (χ2n) is 3.18. The Kier molecular flexibility index (Phi) is 3.15. The monoisotopic (exact) mass is 130 g/mol. The van der Waals surface area contributed by atoms with Crippen LogP contribution in [-0.2, 0) is 0 Å². The quantitative estimate of drug-likeness (QED) is 0.561. The van der Waals surface area contributed by atoms with E-state index in [1.807, 2.05) is 13.8 Å². The molecule has 0 aliphatic rings. The topological polar surface area (TPSA) is 38.0 Å². The Labute approximate surface area is 57.8 Å². The van der Waals surface area contributed by atoms with E-state index in [9.17, 15) is 0 Å². The lowest BCUT2D eigenvalue weighted by atomic mass is 10.2. The largest absolute Gasteiger partial charge is 0.314 e. The molecule has 0 spiro atoms. The Balaban J connectivity index is 3.47. The average molecular weight is 130 g/mol. The van der Waals surface area contributed by atoms with Gasteiger partial charge in [-0.15, -0.1) is 0 Å². The summed E-state index contributed by atoms with van der Waals surface area (Å²) in [5.41, 5.74) is 5.47. The highest BCUT2D eigenvalue weighted by atomic mass is 15.1. The predicted octanol–water partition coefficient (Wildman–Crippen LogP) is 1.07. The van der Waals surface area contributed by atoms with Gasteiger partial charge in [-0.05, 0) is 27.2 Å². The zero-order valence-corrected chi connectivity index (χ0v) is 6.86. The van der Waals surface area contributed by atoms with E-state index in [-0.39, 0.29) is 5.66 Å². The van der Waals surface area contributed by atoms with Crippen molar-refractivity contribution in [2.45, 2.75) is 45.8 Å². The second-order valence-corrected chi connectivity index (χ2v) is 3.18. The normalized spacial score (nSPS) is 15.7. The fourth-order valence-corrected chi connectivity index (χ4v) is 0.737. The Bertz CT molecular complexity index is 73.5. The van der Waals surface area contributed by atoms with Gasteiger partial charge in [0.1, 0.15) is 0 Å². The molecule has 0 aromatic rings. The maximum absolute atomic E-state index is 5.70. The molecule has 2 nitrogen and oxygen atoms in total. The summed E-state index contributed by atoms with van der Waals surface area (Å²) >= 11 is 0. The molecule has 2 heteroatoms. The van der Waals surface area contributed by atoms with E-state index < -0.39 is 0 Å². The van der Waals surface area contributed by atoms with Crippen LogP contribution < -0.4 is 11.1 Å². The molecule has 0 saturated heterocycles. The maximum Gasteiger partial charge on any atom is 0.0605 e. The van der Waals surface area contributed by atoms with Gasteiger partial charge in [0.25, 0.3) is 0 Å². The molecule has 0 aliphatic heterocycles. The minimum absolute atomic E-state index is 0.227. The van der Waals surface area contributed by atoms with Gasteiger partial charge >= 0.3 is 0 Å². The molecule has 1 unspecified atom stereocenters. The van der Waals surface area contributed by atoms with Crippen LogP contribution in [0.1, 0.15) is 34.1 Å². The Morgan fingerprint density at radius 1 is 1.56 bits per heavy atom. The molecule has 56 valence electrons. The number of hydrogen-bond donors (Lipinski definition) is 2. The molecule has 0 rings (SSSR count). The zero-order chi connectivity index (χ0) is 7.49. The lowest BCUT2D eigenvalue weighted by Gasteiger charge is -2.24. The number of rotatable bonds is 3. The van der Waals surface area contributed by atoms with E-state index >= 15 is 0 Å². The number of hydrogen-bond acceptors (Lipinski definition) is 2. The van der Waals surface area contributed by atoms with Crippen molar-refractivity contribution in [1.29, 1.82) is 0 Å². The van der Waals surface area contributed by atoms with Crippen LogP contribution in [0.5, 0.6) is 0 Å². The fraction of sp³-hybridized carbons (Fsp3) is 1.00. The molecular weight excluding hydrogens is 112 g/mol. The summed E-state index contributed by atoms with van der Waals surface area (Å²) in [5.74, 6) is 0. The average Bonchev–Trinajstić information content (AvgIpc) is 1.62. The van der Waals surface area contributed by atoms with Crippen LogP contribution in [0.2, 0.25) is 0 Å². The molecule has 9 heavy (non-hydrogen) atoms. The van der Waals surface area contributed by atoms with Crippen LogP contribution in [0.25, 0.3) is 0 Å². The van der Waals surface area contributed by atoms with Gasteiger partial charge in [-0.3, -0.25) is 5.32 Å². The molecule has 0 aliphatic carbocycles. The van der Waals surface area contributed by atoms with Crippen molar-refractivity contribution in [1.82, 2.24) is 5.32 Å². The third-order valence-corrected chi connectivity index (χ3v) is 1.23. The van der Waals surface area contributed by atoms with Crippen LogP contribution in [-0.4, -0.2) is 11.7 Å². The Morgan fingerprint density at radius 3 is 2.11 bits per heavy atom. The first-order valence-electron chi connectivity index (χ1n) is 3.52. The summed E-state index contributed by atoms with van der Waals surface area (Å²) in [4.78, 5) is 0. The molecule has 1 atom stereocenters. The third kappa shape index (κ3) is 5.80. The van der Waals surface area contributed by atoms with Crippen molar-refractivity contribution in [2.24, 2.45) is 5.73 Å². The molecule has 0 aromatic carbocycles. The second kappa shape index (κ2) is 3.18. The van der Waals surface area contributed by atoms with E-state index in [4.69, 9.17) is 5.73 Å². The highest BCUT2D eigenvalue weighted by Crippen LogP contribution is 1.95. The molecule has 0 heterocycles. The van der Waals surface area contributed by atoms with Gasteiger partial charge in [-0.25, -0.2) is 0 Å². The van der Waals surface area contributed by atoms with Gasteiger partial charge in [-0.1, -0.05) is 6.92 Å². The SMILES string of the molecule is CCC(C)NC(C)(C)N. The van der Waals surface area contributed by atoms with Crippen molar-refractivity contribution < 1.29 is 0 Å². The molecule has 0 fully saturated rings. The van der Waals surface area contributed by atoms with Crippen LogP contribution >= 0.6 is 0 Å². The van der Waals surface area contributed by atoms with E-state index in [2.05, 4.69) is 19.2 Å². The van der Waals surface area contributed by atoms with Crippen LogP contribution in [0.15, 0.2) is 0 Å². The highest BCUT2D eigenvalue weighted by molar-refractivity contribution is 4.72. The van der Waals surface area contributed by atoms with Crippen LogP contribution in [0.4, 0.5) is 0 Å². The van der Waals surface area contributed by atoms with Crippen LogP contribution in [0, 0.1) is 0 Å². The first kappa shape index (κ1) is 8.92. The van der Waals surface area contributed by atoms with Gasteiger partial charge in [0.15, 0.2) is 0 Å². The summed E-state index contributed by atoms with van der Waals surface area (Å²) in [7, 11) is 0. The van der Waals surface area contributed by atoms with Gasteiger partial charge in [0, 0.05) is 6.04 Å². The molecule has 3 N–H and O–H groups in total. The van der Waals surface area contributed by atoms with Crippen LogP contribution in [0.3, 0.4) is 0 Å². The smallest absolute Gasteiger partial charge is 0.0605 e. The van der Waals surface area contributed by atoms with Crippen molar-refractivity contribution in [3.05, 3.63) is 0 Å². The number of nitrogens with one attached hydrogen (secondary N) is 1. The summed E-state index contributed by atoms with van der Waals surface area (Å²) < 4.78 is 0. The molecular formula is C7H18N2. The van der Waals surface area contributed by atoms with E-state index in [1.54, 1.807) is 0 Å². The van der Waals surface area contributed by atoms with Gasteiger partial charge in [-0.2, -0.15) is 0 Å². The summed E-state index contributed by atoms with van der Waals surface area (Å²) in [6, 6.07) is 0.519. The predicted molar refractivity (Wildman–Crippen MR) is 41.2 cm³/mol. The third-order valence-electron chi connectivity index (χ3n) is 1.23. The summed E-state index contributed by atoms with van der Waals surface area (Å²) in [5, 5.41) is 3.25. The molecule has 0 amide bonds. The molecule has 0 radical (unpaired) electrons. The van der Waals surface area contributed by atoms with Crippen molar-refractivity contribution >= 4 is 0 Å². The lowest BCUT2D eigenvalue weighted by molar-refractivity contribution is 0.349. The van der Waals surface area contributed by atoms with E-state index in [0.29, 0.717) is 6.04 Å². The fourth-order valence-electron chi connectivity index (χ4n) is 0.737. The lowest BCUT2D eigenvalue weighted by Crippen LogP contribution is -2.51. The molecule has 0 saturated carbocycles. The standard InChI is InChI=1S/C7H18N2/c1-5-6(2)9-7(3,4)8/h6,9H,5,8H2,1-4H3. The highest BCUT2D eigenvalue weighted by Gasteiger charge is 2.11. The van der Waals surface area contributed by atoms with Gasteiger partial charge in [0.2, 0.25) is 0 Å². The first-order chi connectivity index (χ1) is 3.95. The van der Waals surface area contributed by atoms with Crippen molar-refractivity contribution in [3.63, 3.8) is 0 Å². The summed E-state index contributed by atoms with van der Waals surface area (Å²) in [6.07, 6.45) is 1.13. The Hall–Kier alpha value is -0.0800. The maximum atomic E-state index is 5.70. The zero-order valence-electron chi connectivity index (χ0n) is 6.86. The first-order valence-corrected chi connectivity index (χ1v) is 3.52. The van der Waals surface area contributed by atoms with E-state index in [0.717, 1.165) is 6.42 Å². The minimum Gasteiger partial charge on any atom is -0.314 e. The van der Waals surface area contributed by atoms with Crippen molar-refractivity contribution in [2.75, 3.05) is 0 Å². The molecule has 0 aromatic heterocycles. The van der Waals surface area contributed by atoms with Gasteiger partial charge in [0.05, 0.1) is 5.66 Å². The number of nitrogens with two attached hydrogens (primary N) is 1. The molecule has 0 bridgehead atoms. The summed E-state index contributed by atoms with van der Waals surface area (Å²) in [6.45, 7) is 8.22. The van der Waals surface area contributed by atoms with Crippen molar-refractivity contribution in [3.8, 4) is 0 Å². The van der Waals surface area contributed by atoms with Gasteiger partial charge < -0.3 is 5.73 Å². The Morgan fingerprint density at radius 2 is 2.00 bits per heavy atom. The van der Waals surface area contributed by atoms with E-state index in [1.165, 1.54) is 0 Å². The minimum atomic E-state index is -0.227.